The number of ether oxygens (including phenoxy) is 5. The number of Topliss-reactive ketones (excluding diaryl/α,β-unsaturated/α-hetero) is 2. The van der Waals surface area contributed by atoms with Gasteiger partial charge in [0.1, 0.15) is 24.0 Å². The average Bonchev–Trinajstić information content (AvgIpc) is 3.23. The molecule has 4 aliphatic heterocycles. The van der Waals surface area contributed by atoms with Crippen LogP contribution in [0.15, 0.2) is 23.3 Å². The Labute approximate surface area is 360 Å². The summed E-state index contributed by atoms with van der Waals surface area (Å²) < 4.78 is 30.0. The molecule has 5 N–H and O–H groups in total. The molecule has 0 radical (unpaired) electrons. The number of carbonyl (C=O) groups is 4. The molecule has 0 aromatic carbocycles. The zero-order chi connectivity index (χ0) is 43.9. The Hall–Kier alpha value is -2.21. The molecule has 1 unspecified atom stereocenters. The first-order valence-corrected chi connectivity index (χ1v) is 23.3. The molecule has 0 spiro atoms. The molecule has 1 amide bonds. The van der Waals surface area contributed by atoms with Crippen LogP contribution in [0, 0.1) is 35.5 Å². The molecule has 4 fully saturated rings. The van der Waals surface area contributed by atoms with Crippen LogP contribution in [0.5, 0.6) is 0 Å². The number of aliphatic hydroxyl groups excluding tert-OH is 2. The van der Waals surface area contributed by atoms with Gasteiger partial charge < -0.3 is 49.6 Å². The average molecular weight is 865 g/mol. The van der Waals surface area contributed by atoms with E-state index in [4.69, 9.17) is 29.4 Å². The van der Waals surface area contributed by atoms with Gasteiger partial charge in [-0.3, -0.25) is 14.4 Å². The van der Waals surface area contributed by atoms with E-state index in [0.717, 1.165) is 29.1 Å². The molecule has 1 aliphatic carbocycles. The molecule has 3 saturated heterocycles. The number of amides is 1. The van der Waals surface area contributed by atoms with E-state index >= 15 is 0 Å². The molecule has 1 saturated carbocycles. The summed E-state index contributed by atoms with van der Waals surface area (Å²) in [6.45, 7) is 8.15. The third-order valence-corrected chi connectivity index (χ3v) is 15.0. The highest BCUT2D eigenvalue weighted by Crippen LogP contribution is 2.44. The van der Waals surface area contributed by atoms with Gasteiger partial charge in [0.2, 0.25) is 5.79 Å². The molecule has 60 heavy (non-hydrogen) atoms. The van der Waals surface area contributed by atoms with Crippen LogP contribution in [0.1, 0.15) is 98.3 Å². The number of nitrogens with two attached hydrogens (primary N) is 1. The van der Waals surface area contributed by atoms with E-state index in [-0.39, 0.29) is 37.0 Å². The highest BCUT2D eigenvalue weighted by molar-refractivity contribution is 7.99. The van der Waals surface area contributed by atoms with Crippen molar-refractivity contribution in [3.8, 4) is 0 Å². The second kappa shape index (κ2) is 21.9. The fourth-order valence-corrected chi connectivity index (χ4v) is 11.2. The minimum Gasteiger partial charge on any atom is -0.456 e. The maximum atomic E-state index is 14.5. The molecule has 340 valence electrons. The van der Waals surface area contributed by atoms with Crippen molar-refractivity contribution in [1.82, 2.24) is 4.90 Å². The number of rotatable bonds is 10. The van der Waals surface area contributed by atoms with Crippen LogP contribution in [-0.4, -0.2) is 144 Å². The van der Waals surface area contributed by atoms with Crippen molar-refractivity contribution >= 4 is 35.2 Å². The van der Waals surface area contributed by atoms with Gasteiger partial charge in [0.25, 0.3) is 11.7 Å². The summed E-state index contributed by atoms with van der Waals surface area (Å²) in [6, 6.07) is -1.17. The summed E-state index contributed by atoms with van der Waals surface area (Å²) in [6.07, 6.45) is 4.06. The second-order valence-electron chi connectivity index (χ2n) is 18.2. The lowest BCUT2D eigenvalue weighted by atomic mass is 9.72. The van der Waals surface area contributed by atoms with Gasteiger partial charge in [0.05, 0.1) is 30.5 Å². The first-order chi connectivity index (χ1) is 28.6. The largest absolute Gasteiger partial charge is 0.456 e. The molecule has 15 atom stereocenters. The summed E-state index contributed by atoms with van der Waals surface area (Å²) in [7, 11) is 4.64. The quantitative estimate of drug-likeness (QED) is 0.107. The lowest BCUT2D eigenvalue weighted by Crippen LogP contribution is -2.66. The van der Waals surface area contributed by atoms with Crippen LogP contribution < -0.4 is 5.73 Å². The zero-order valence-electron chi connectivity index (χ0n) is 36.8. The number of nitrogens with zero attached hydrogens (tertiary/aromatic N) is 1. The Bertz CT molecular complexity index is 1560. The van der Waals surface area contributed by atoms with Crippen molar-refractivity contribution in [2.24, 2.45) is 41.2 Å². The maximum Gasteiger partial charge on any atom is 0.330 e. The van der Waals surface area contributed by atoms with Gasteiger partial charge in [-0.05, 0) is 94.3 Å². The molecular weight excluding hydrogens is 793 g/mol. The van der Waals surface area contributed by atoms with Gasteiger partial charge in [0.15, 0.2) is 0 Å². The minimum absolute atomic E-state index is 0.0218. The monoisotopic (exact) mass is 864 g/mol. The summed E-state index contributed by atoms with van der Waals surface area (Å²) in [4.78, 5) is 58.7. The van der Waals surface area contributed by atoms with Gasteiger partial charge in [-0.25, -0.2) is 4.79 Å². The van der Waals surface area contributed by atoms with Crippen molar-refractivity contribution in [3.63, 3.8) is 0 Å². The Balaban J connectivity index is 1.58. The number of thioether (sulfide) groups is 1. The van der Waals surface area contributed by atoms with E-state index in [1.807, 2.05) is 13.0 Å². The van der Waals surface area contributed by atoms with Gasteiger partial charge in [-0.1, -0.05) is 38.5 Å². The molecule has 5 aliphatic rings. The lowest BCUT2D eigenvalue weighted by molar-refractivity contribution is -0.302. The zero-order valence-corrected chi connectivity index (χ0v) is 37.6. The van der Waals surface area contributed by atoms with Crippen molar-refractivity contribution in [1.29, 1.82) is 0 Å². The highest BCUT2D eigenvalue weighted by atomic mass is 32.2. The van der Waals surface area contributed by atoms with E-state index in [2.05, 4.69) is 13.0 Å². The van der Waals surface area contributed by atoms with E-state index < -0.39 is 95.9 Å². The molecule has 5 rings (SSSR count). The smallest absolute Gasteiger partial charge is 0.330 e. The molecular formula is C45H72N2O12S. The summed E-state index contributed by atoms with van der Waals surface area (Å²) in [5, 5.41) is 34.7. The molecule has 15 heteroatoms. The SMILES string of the molecule is CO[C@H]1C[C@@H](C)C/C(C)=C/[C@@H](CCCSCCN)C(=O)C[C@H](O)[C@@H](C)[C@@H]2OC(=O)[C@@H]3C(CCCN3C(=O)C(=O)[C@]3(O)O[C@H]1[C@@H](OC)C[C@H]3C)/C2=C\[C@@H]1CC[C@@H](O)[C@H](OC)C1. The number of ketones is 2. The first kappa shape index (κ1) is 48.8. The fraction of sp³-hybridized carbons (Fsp3) is 0.822. The number of methoxy groups -OCH3 is 3. The number of carbonyl (C=O) groups excluding carboxylic acids is 4. The molecule has 4 bridgehead atoms. The van der Waals surface area contributed by atoms with E-state index in [1.165, 1.54) is 19.1 Å². The van der Waals surface area contributed by atoms with Gasteiger partial charge in [-0.15, -0.1) is 0 Å². The first-order valence-electron chi connectivity index (χ1n) is 22.2. The number of esters is 1. The molecule has 0 aromatic rings. The van der Waals surface area contributed by atoms with Crippen LogP contribution in [-0.2, 0) is 42.9 Å². The summed E-state index contributed by atoms with van der Waals surface area (Å²) >= 11 is 1.75. The maximum absolute atomic E-state index is 14.5. The third kappa shape index (κ3) is 11.1. The van der Waals surface area contributed by atoms with Crippen LogP contribution >= 0.6 is 11.8 Å². The van der Waals surface area contributed by atoms with E-state index in [0.29, 0.717) is 57.9 Å². The number of piperidine rings is 1. The normalized spacial score (nSPS) is 41.8. The van der Waals surface area contributed by atoms with Crippen LogP contribution in [0.2, 0.25) is 0 Å². The fourth-order valence-electron chi connectivity index (χ4n) is 10.4. The van der Waals surface area contributed by atoms with Crippen LogP contribution in [0.25, 0.3) is 0 Å². The van der Waals surface area contributed by atoms with Crippen molar-refractivity contribution in [2.75, 3.05) is 45.9 Å². The van der Waals surface area contributed by atoms with Crippen molar-refractivity contribution < 1.29 is 58.2 Å². The van der Waals surface area contributed by atoms with Crippen molar-refractivity contribution in [3.05, 3.63) is 23.3 Å². The molecule has 4 heterocycles. The van der Waals surface area contributed by atoms with Crippen LogP contribution in [0.3, 0.4) is 0 Å². The number of hydrogen-bond donors (Lipinski definition) is 4. The van der Waals surface area contributed by atoms with E-state index in [1.54, 1.807) is 32.7 Å². The van der Waals surface area contributed by atoms with Crippen LogP contribution in [0.4, 0.5) is 0 Å². The van der Waals surface area contributed by atoms with Gasteiger partial charge >= 0.3 is 5.97 Å². The van der Waals surface area contributed by atoms with Gasteiger partial charge in [-0.2, -0.15) is 11.8 Å². The Morgan fingerprint density at radius 3 is 2.32 bits per heavy atom. The summed E-state index contributed by atoms with van der Waals surface area (Å²) in [5.41, 5.74) is 7.44. The number of aliphatic hydroxyl groups is 3. The number of fused-ring (bicyclic) bond motifs is 4. The summed E-state index contributed by atoms with van der Waals surface area (Å²) in [5.74, 6) is -6.45. The molecule has 0 aromatic heterocycles. The molecule has 14 nitrogen and oxygen atoms in total. The Kier molecular flexibility index (Phi) is 17.8. The number of hydrogen-bond acceptors (Lipinski definition) is 14. The van der Waals surface area contributed by atoms with Gasteiger partial charge in [0, 0.05) is 70.3 Å². The Morgan fingerprint density at radius 2 is 1.63 bits per heavy atom. The Morgan fingerprint density at radius 1 is 0.933 bits per heavy atom. The lowest BCUT2D eigenvalue weighted by Gasteiger charge is -2.49. The van der Waals surface area contributed by atoms with E-state index in [9.17, 15) is 34.5 Å². The standard InChI is InChI=1S/C45H72N2O12S/c1-25-18-26(2)20-37(56-6)41-38(57-7)21-27(3)45(54,59-41)42(51)43(52)47-15-8-11-31-32(22-29-12-13-33(48)36(23-29)55-5)40(58-44(53)39(31)47)28(4)34(49)24-35(50)30(19-25)10-9-16-60-17-14-46/h19,22,26-31,33-34,36-41,48-49,54H,8-18,20-21,23-24,46H2,1-7H3/b25-19+,32-22+/t26-,27+,28+,29-,30+,31?,33+,34-,36+,37-,38-,39-,40-,41+,45+/m0/s1. The predicted molar refractivity (Wildman–Crippen MR) is 227 cm³/mol. The topological polar surface area (TPSA) is 204 Å². The second-order valence-corrected chi connectivity index (χ2v) is 19.5. The van der Waals surface area contributed by atoms with Crippen molar-refractivity contribution in [2.45, 2.75) is 153 Å². The minimum atomic E-state index is -2.52. The number of allylic oxidation sites excluding steroid dienone is 3. The highest BCUT2D eigenvalue weighted by Gasteiger charge is 2.58. The third-order valence-electron chi connectivity index (χ3n) is 13.9. The predicted octanol–water partition coefficient (Wildman–Crippen LogP) is 3.75.